The molecule has 1 aromatic rings. The molecule has 0 saturated carbocycles. The third-order valence-corrected chi connectivity index (χ3v) is 3.49. The van der Waals surface area contributed by atoms with Crippen molar-refractivity contribution in [3.63, 3.8) is 0 Å². The molecule has 5 nitrogen and oxygen atoms in total. The van der Waals surface area contributed by atoms with Gasteiger partial charge in [-0.15, -0.1) is 0 Å². The fraction of sp³-hybridized carbons (Fsp3) is 0.467. The van der Waals surface area contributed by atoms with Crippen LogP contribution < -0.4 is 10.1 Å². The van der Waals surface area contributed by atoms with Crippen LogP contribution in [0, 0.1) is 0 Å². The molecule has 1 aromatic carbocycles. The first-order valence-corrected chi connectivity index (χ1v) is 6.86. The van der Waals surface area contributed by atoms with Crippen molar-refractivity contribution in [1.29, 1.82) is 0 Å². The van der Waals surface area contributed by atoms with Crippen LogP contribution in [0.15, 0.2) is 24.3 Å². The first kappa shape index (κ1) is 14.5. The number of benzene rings is 1. The highest BCUT2D eigenvalue weighted by Crippen LogP contribution is 2.21. The quantitative estimate of drug-likeness (QED) is 0.800. The summed E-state index contributed by atoms with van der Waals surface area (Å²) in [6, 6.07) is 7.63. The topological polar surface area (TPSA) is 58.6 Å². The highest BCUT2D eigenvalue weighted by Gasteiger charge is 2.30. The van der Waals surface area contributed by atoms with E-state index in [1.165, 1.54) is 4.90 Å². The van der Waals surface area contributed by atoms with Crippen molar-refractivity contribution < 1.29 is 14.3 Å². The predicted octanol–water partition coefficient (Wildman–Crippen LogP) is 1.49. The molecule has 1 aliphatic rings. The Hall–Kier alpha value is -1.88. The molecule has 5 heteroatoms. The summed E-state index contributed by atoms with van der Waals surface area (Å²) in [6.07, 6.45) is 0.667. The molecule has 1 fully saturated rings. The summed E-state index contributed by atoms with van der Waals surface area (Å²) in [4.78, 5) is 24.8. The fourth-order valence-corrected chi connectivity index (χ4v) is 2.38. The van der Waals surface area contributed by atoms with Gasteiger partial charge in [0.1, 0.15) is 5.75 Å². The Morgan fingerprint density at radius 2 is 1.80 bits per heavy atom. The average Bonchev–Trinajstić information content (AvgIpc) is 2.78. The number of hydrogen-bond acceptors (Lipinski definition) is 4. The average molecular weight is 276 g/mol. The zero-order valence-corrected chi connectivity index (χ0v) is 11.9. The molecule has 1 atom stereocenters. The minimum absolute atomic E-state index is 0.0445. The van der Waals surface area contributed by atoms with Crippen LogP contribution in [0.25, 0.3) is 0 Å². The van der Waals surface area contributed by atoms with E-state index in [9.17, 15) is 9.59 Å². The van der Waals surface area contributed by atoms with Crippen molar-refractivity contribution in [3.8, 4) is 5.75 Å². The molecule has 0 bridgehead atoms. The lowest BCUT2D eigenvalue weighted by Gasteiger charge is -2.23. The van der Waals surface area contributed by atoms with E-state index in [0.29, 0.717) is 19.4 Å². The van der Waals surface area contributed by atoms with Gasteiger partial charge in [0.2, 0.25) is 11.8 Å². The molecule has 20 heavy (non-hydrogen) atoms. The Kier molecular flexibility index (Phi) is 4.74. The number of hydrogen-bond donors (Lipinski definition) is 1. The van der Waals surface area contributed by atoms with Gasteiger partial charge in [-0.1, -0.05) is 19.1 Å². The second-order valence-electron chi connectivity index (χ2n) is 4.78. The molecule has 0 aliphatic carbocycles. The van der Waals surface area contributed by atoms with Crippen LogP contribution >= 0.6 is 0 Å². The summed E-state index contributed by atoms with van der Waals surface area (Å²) in [6.45, 7) is 3.16. The molecule has 1 aliphatic heterocycles. The van der Waals surface area contributed by atoms with Gasteiger partial charge >= 0.3 is 0 Å². The van der Waals surface area contributed by atoms with Crippen molar-refractivity contribution >= 4 is 11.8 Å². The highest BCUT2D eigenvalue weighted by atomic mass is 16.5. The lowest BCUT2D eigenvalue weighted by atomic mass is 10.1. The molecule has 2 amide bonds. The van der Waals surface area contributed by atoms with Gasteiger partial charge in [0.05, 0.1) is 13.2 Å². The predicted molar refractivity (Wildman–Crippen MR) is 75.4 cm³/mol. The van der Waals surface area contributed by atoms with Crippen molar-refractivity contribution in [2.45, 2.75) is 25.8 Å². The number of methoxy groups -OCH3 is 1. The fourth-order valence-electron chi connectivity index (χ4n) is 2.38. The van der Waals surface area contributed by atoms with Gasteiger partial charge in [-0.3, -0.25) is 14.5 Å². The number of nitrogens with one attached hydrogen (secondary N) is 1. The molecular formula is C15H20N2O3. The largest absolute Gasteiger partial charge is 0.497 e. The number of ether oxygens (including phenoxy) is 1. The van der Waals surface area contributed by atoms with E-state index in [1.54, 1.807) is 7.11 Å². The zero-order chi connectivity index (χ0) is 14.5. The number of nitrogens with zero attached hydrogens (tertiary/aromatic N) is 1. The second kappa shape index (κ2) is 6.52. The molecular weight excluding hydrogens is 256 g/mol. The smallest absolute Gasteiger partial charge is 0.229 e. The molecule has 108 valence electrons. The zero-order valence-electron chi connectivity index (χ0n) is 11.9. The second-order valence-corrected chi connectivity index (χ2v) is 4.78. The minimum atomic E-state index is -0.0774. The summed E-state index contributed by atoms with van der Waals surface area (Å²) < 4.78 is 5.14. The maximum atomic E-state index is 11.7. The molecule has 1 saturated heterocycles. The van der Waals surface area contributed by atoms with E-state index >= 15 is 0 Å². The number of imide groups is 1. The van der Waals surface area contributed by atoms with Gasteiger partial charge < -0.3 is 10.1 Å². The summed E-state index contributed by atoms with van der Waals surface area (Å²) in [5.41, 5.74) is 1.04. The van der Waals surface area contributed by atoms with Gasteiger partial charge in [0.15, 0.2) is 0 Å². The van der Waals surface area contributed by atoms with Gasteiger partial charge in [-0.25, -0.2) is 0 Å². The van der Waals surface area contributed by atoms with E-state index < -0.39 is 0 Å². The molecule has 2 rings (SSSR count). The highest BCUT2D eigenvalue weighted by molar-refractivity contribution is 6.01. The maximum absolute atomic E-state index is 11.7. The lowest BCUT2D eigenvalue weighted by molar-refractivity contribution is -0.138. The third-order valence-electron chi connectivity index (χ3n) is 3.49. The lowest BCUT2D eigenvalue weighted by Crippen LogP contribution is -2.38. The van der Waals surface area contributed by atoms with Gasteiger partial charge in [-0.05, 0) is 24.2 Å². The van der Waals surface area contributed by atoms with E-state index in [2.05, 4.69) is 5.32 Å². The van der Waals surface area contributed by atoms with E-state index in [-0.39, 0.29) is 17.9 Å². The molecule has 1 unspecified atom stereocenters. The Labute approximate surface area is 118 Å². The van der Waals surface area contributed by atoms with Crippen LogP contribution in [0.5, 0.6) is 5.75 Å². The maximum Gasteiger partial charge on any atom is 0.229 e. The van der Waals surface area contributed by atoms with Crippen LogP contribution in [-0.4, -0.2) is 36.9 Å². The Balaban J connectivity index is 2.13. The molecule has 0 radical (unpaired) electrons. The van der Waals surface area contributed by atoms with E-state index in [0.717, 1.165) is 17.9 Å². The normalized spacial score (nSPS) is 16.6. The number of amides is 2. The van der Waals surface area contributed by atoms with E-state index in [4.69, 9.17) is 4.74 Å². The van der Waals surface area contributed by atoms with Crippen LogP contribution in [0.1, 0.15) is 31.4 Å². The Morgan fingerprint density at radius 3 is 2.30 bits per heavy atom. The molecule has 1 heterocycles. The number of carbonyl (C=O) groups excluding carboxylic acids is 2. The van der Waals surface area contributed by atoms with Crippen LogP contribution in [0.4, 0.5) is 0 Å². The summed E-state index contributed by atoms with van der Waals surface area (Å²) in [7, 11) is 1.62. The molecule has 0 spiro atoms. The Bertz CT molecular complexity index is 468. The van der Waals surface area contributed by atoms with Crippen LogP contribution in [0.2, 0.25) is 0 Å². The van der Waals surface area contributed by atoms with Crippen LogP contribution in [0.3, 0.4) is 0 Å². The summed E-state index contributed by atoms with van der Waals surface area (Å²) >= 11 is 0. The minimum Gasteiger partial charge on any atom is -0.497 e. The van der Waals surface area contributed by atoms with Gasteiger partial charge in [0.25, 0.3) is 0 Å². The molecule has 1 N–H and O–H groups in total. The van der Waals surface area contributed by atoms with Crippen molar-refractivity contribution in [2.75, 3.05) is 20.2 Å². The number of carbonyl (C=O) groups is 2. The number of likely N-dealkylation sites (N-methyl/N-ethyl adjacent to an activating group) is 1. The number of likely N-dealkylation sites (tertiary alicyclic amines) is 1. The summed E-state index contributed by atoms with van der Waals surface area (Å²) in [5.74, 6) is 0.634. The van der Waals surface area contributed by atoms with E-state index in [1.807, 2.05) is 31.2 Å². The van der Waals surface area contributed by atoms with Gasteiger partial charge in [-0.2, -0.15) is 0 Å². The van der Waals surface area contributed by atoms with Gasteiger partial charge in [0, 0.05) is 19.4 Å². The Morgan fingerprint density at radius 1 is 1.20 bits per heavy atom. The standard InChI is InChI=1S/C15H20N2O3/c1-3-16-13(10-17-14(18)8-9-15(17)19)11-4-6-12(20-2)7-5-11/h4-7,13,16H,3,8-10H2,1-2H3. The number of rotatable bonds is 6. The van der Waals surface area contributed by atoms with Crippen molar-refractivity contribution in [1.82, 2.24) is 10.2 Å². The first-order chi connectivity index (χ1) is 9.65. The summed E-state index contributed by atoms with van der Waals surface area (Å²) in [5, 5.41) is 3.32. The molecule has 0 aromatic heterocycles. The van der Waals surface area contributed by atoms with Crippen LogP contribution in [-0.2, 0) is 9.59 Å². The van der Waals surface area contributed by atoms with Crippen molar-refractivity contribution in [2.24, 2.45) is 0 Å². The SMILES string of the molecule is CCNC(CN1C(=O)CCC1=O)c1ccc(OC)cc1. The third kappa shape index (κ3) is 3.17. The van der Waals surface area contributed by atoms with Crippen molar-refractivity contribution in [3.05, 3.63) is 29.8 Å². The monoisotopic (exact) mass is 276 g/mol. The first-order valence-electron chi connectivity index (χ1n) is 6.86.